The van der Waals surface area contributed by atoms with Crippen molar-refractivity contribution >= 4 is 36.4 Å². The molecular weight excluding hydrogens is 302 g/mol. The fourth-order valence-electron chi connectivity index (χ4n) is 1.41. The monoisotopic (exact) mass is 321 g/mol. The average molecular weight is 321 g/mol. The SMILES string of the molecule is CN(CC(=O)O)C(=O)[C@H](CS)NC(=O)CC[C@@H](N)C(=O)O. The highest BCUT2D eigenvalue weighted by atomic mass is 32.1. The van der Waals surface area contributed by atoms with E-state index in [9.17, 15) is 19.2 Å². The van der Waals surface area contributed by atoms with E-state index in [1.807, 2.05) is 0 Å². The van der Waals surface area contributed by atoms with Crippen molar-refractivity contribution < 1.29 is 29.4 Å². The van der Waals surface area contributed by atoms with Gasteiger partial charge in [-0.25, -0.2) is 0 Å². The molecule has 0 aliphatic heterocycles. The third kappa shape index (κ3) is 7.51. The number of thiol groups is 1. The topological polar surface area (TPSA) is 150 Å². The minimum Gasteiger partial charge on any atom is -0.480 e. The predicted octanol–water partition coefficient (Wildman–Crippen LogP) is -1.86. The number of rotatable bonds is 9. The molecule has 0 rings (SSSR count). The van der Waals surface area contributed by atoms with Crippen molar-refractivity contribution in [2.75, 3.05) is 19.3 Å². The lowest BCUT2D eigenvalue weighted by Crippen LogP contribution is -2.49. The molecule has 0 heterocycles. The smallest absolute Gasteiger partial charge is 0.323 e. The minimum absolute atomic E-state index is 0.0144. The van der Waals surface area contributed by atoms with Crippen LogP contribution >= 0.6 is 12.6 Å². The van der Waals surface area contributed by atoms with E-state index in [1.165, 1.54) is 7.05 Å². The molecule has 0 bridgehead atoms. The molecule has 0 spiro atoms. The molecule has 21 heavy (non-hydrogen) atoms. The summed E-state index contributed by atoms with van der Waals surface area (Å²) >= 11 is 3.93. The van der Waals surface area contributed by atoms with Crippen molar-refractivity contribution in [1.82, 2.24) is 10.2 Å². The zero-order chi connectivity index (χ0) is 16.6. The van der Waals surface area contributed by atoms with E-state index < -0.39 is 42.4 Å². The van der Waals surface area contributed by atoms with Crippen LogP contribution in [0.2, 0.25) is 0 Å². The summed E-state index contributed by atoms with van der Waals surface area (Å²) in [5.74, 6) is -3.56. The molecule has 0 saturated heterocycles. The fraction of sp³-hybridized carbons (Fsp3) is 0.636. The molecule has 5 N–H and O–H groups in total. The van der Waals surface area contributed by atoms with E-state index in [-0.39, 0.29) is 18.6 Å². The van der Waals surface area contributed by atoms with Gasteiger partial charge in [-0.3, -0.25) is 19.2 Å². The van der Waals surface area contributed by atoms with Gasteiger partial charge in [-0.1, -0.05) is 0 Å². The zero-order valence-electron chi connectivity index (χ0n) is 11.5. The highest BCUT2D eigenvalue weighted by molar-refractivity contribution is 7.80. The standard InChI is InChI=1S/C11H19N3O6S/c1-14(4-9(16)17)10(18)7(5-21)13-8(15)3-2-6(12)11(19)20/h6-7,21H,2-5,12H2,1H3,(H,13,15)(H,16,17)(H,19,20)/t6-,7+/m1/s1. The molecule has 0 fully saturated rings. The number of carbonyl (C=O) groups excluding carboxylic acids is 2. The van der Waals surface area contributed by atoms with E-state index in [2.05, 4.69) is 17.9 Å². The molecule has 10 heteroatoms. The number of likely N-dealkylation sites (N-methyl/N-ethyl adjacent to an activating group) is 1. The van der Waals surface area contributed by atoms with Crippen LogP contribution in [0.1, 0.15) is 12.8 Å². The van der Waals surface area contributed by atoms with E-state index in [0.717, 1.165) is 4.90 Å². The number of nitrogens with two attached hydrogens (primary N) is 1. The Morgan fingerprint density at radius 3 is 2.29 bits per heavy atom. The van der Waals surface area contributed by atoms with E-state index in [0.29, 0.717) is 0 Å². The Hall–Kier alpha value is -1.81. The number of hydrogen-bond donors (Lipinski definition) is 5. The van der Waals surface area contributed by atoms with Crippen molar-refractivity contribution in [1.29, 1.82) is 0 Å². The fourth-order valence-corrected chi connectivity index (χ4v) is 1.66. The molecule has 0 aliphatic rings. The zero-order valence-corrected chi connectivity index (χ0v) is 12.4. The van der Waals surface area contributed by atoms with Crippen molar-refractivity contribution in [3.8, 4) is 0 Å². The molecule has 0 radical (unpaired) electrons. The molecule has 0 aromatic carbocycles. The van der Waals surface area contributed by atoms with Gasteiger partial charge in [0.1, 0.15) is 18.6 Å². The number of carbonyl (C=O) groups is 4. The van der Waals surface area contributed by atoms with Crippen LogP contribution in [0, 0.1) is 0 Å². The van der Waals surface area contributed by atoms with Gasteiger partial charge in [0.05, 0.1) is 0 Å². The van der Waals surface area contributed by atoms with Gasteiger partial charge in [0.2, 0.25) is 11.8 Å². The first-order chi connectivity index (χ1) is 9.68. The lowest BCUT2D eigenvalue weighted by molar-refractivity contribution is -0.144. The second-order valence-corrected chi connectivity index (χ2v) is 4.74. The first kappa shape index (κ1) is 19.2. The quantitative estimate of drug-likeness (QED) is 0.312. The van der Waals surface area contributed by atoms with Crippen molar-refractivity contribution in [3.63, 3.8) is 0 Å². The number of nitrogens with one attached hydrogen (secondary N) is 1. The number of carboxylic acid groups (broad SMARTS) is 2. The first-order valence-electron chi connectivity index (χ1n) is 6.04. The van der Waals surface area contributed by atoms with Crippen molar-refractivity contribution in [2.45, 2.75) is 24.9 Å². The summed E-state index contributed by atoms with van der Waals surface area (Å²) in [4.78, 5) is 45.5. The Bertz CT molecular complexity index is 417. The van der Waals surface area contributed by atoms with Gasteiger partial charge in [-0.15, -0.1) is 0 Å². The van der Waals surface area contributed by atoms with Crippen LogP contribution in [0.5, 0.6) is 0 Å². The van der Waals surface area contributed by atoms with Crippen LogP contribution in [0.3, 0.4) is 0 Å². The normalized spacial score (nSPS) is 13.1. The summed E-state index contributed by atoms with van der Waals surface area (Å²) in [6, 6.07) is -2.14. The third-order valence-corrected chi connectivity index (χ3v) is 2.93. The molecule has 0 aliphatic carbocycles. The molecule has 0 saturated carbocycles. The second-order valence-electron chi connectivity index (χ2n) is 4.37. The van der Waals surface area contributed by atoms with Gasteiger partial charge in [0.15, 0.2) is 0 Å². The summed E-state index contributed by atoms with van der Waals surface area (Å²) < 4.78 is 0. The van der Waals surface area contributed by atoms with Crippen LogP contribution in [-0.2, 0) is 19.2 Å². The number of aliphatic carboxylic acids is 2. The number of amides is 2. The van der Waals surface area contributed by atoms with Crippen LogP contribution in [0.15, 0.2) is 0 Å². The van der Waals surface area contributed by atoms with Crippen LogP contribution < -0.4 is 11.1 Å². The Labute approximate surface area is 126 Å². The van der Waals surface area contributed by atoms with Crippen molar-refractivity contribution in [2.24, 2.45) is 5.73 Å². The van der Waals surface area contributed by atoms with Crippen LogP contribution in [0.4, 0.5) is 0 Å². The molecule has 2 amide bonds. The van der Waals surface area contributed by atoms with Gasteiger partial charge in [-0.05, 0) is 6.42 Å². The summed E-state index contributed by atoms with van der Waals surface area (Å²) in [6.45, 7) is -0.497. The number of carboxylic acids is 2. The summed E-state index contributed by atoms with van der Waals surface area (Å²) in [7, 11) is 1.29. The van der Waals surface area contributed by atoms with Gasteiger partial charge in [-0.2, -0.15) is 12.6 Å². The first-order valence-corrected chi connectivity index (χ1v) is 6.67. The largest absolute Gasteiger partial charge is 0.480 e. The minimum atomic E-state index is -1.22. The second kappa shape index (κ2) is 9.19. The third-order valence-electron chi connectivity index (χ3n) is 2.56. The molecule has 120 valence electrons. The van der Waals surface area contributed by atoms with Gasteiger partial charge in [0.25, 0.3) is 0 Å². The van der Waals surface area contributed by atoms with E-state index in [1.54, 1.807) is 0 Å². The lowest BCUT2D eigenvalue weighted by atomic mass is 10.1. The molecule has 9 nitrogen and oxygen atoms in total. The maximum Gasteiger partial charge on any atom is 0.323 e. The summed E-state index contributed by atoms with van der Waals surface area (Å²) in [5.41, 5.74) is 5.26. The van der Waals surface area contributed by atoms with Gasteiger partial charge in [0, 0.05) is 19.2 Å². The molecule has 0 unspecified atom stereocenters. The summed E-state index contributed by atoms with van der Waals surface area (Å²) in [6.07, 6.45) is -0.229. The van der Waals surface area contributed by atoms with E-state index >= 15 is 0 Å². The molecule has 0 aromatic heterocycles. The molecular formula is C11H19N3O6S. The lowest BCUT2D eigenvalue weighted by Gasteiger charge is -2.22. The maximum atomic E-state index is 11.9. The Morgan fingerprint density at radius 2 is 1.86 bits per heavy atom. The van der Waals surface area contributed by atoms with Crippen LogP contribution in [-0.4, -0.2) is 70.3 Å². The molecule has 0 aromatic rings. The Kier molecular flexibility index (Phi) is 8.39. The Morgan fingerprint density at radius 1 is 1.29 bits per heavy atom. The van der Waals surface area contributed by atoms with Crippen molar-refractivity contribution in [3.05, 3.63) is 0 Å². The number of nitrogens with zero attached hydrogens (tertiary/aromatic N) is 1. The summed E-state index contributed by atoms with van der Waals surface area (Å²) in [5, 5.41) is 19.5. The highest BCUT2D eigenvalue weighted by Crippen LogP contribution is 2.00. The Balaban J connectivity index is 4.42. The molecule has 2 atom stereocenters. The van der Waals surface area contributed by atoms with Crippen LogP contribution in [0.25, 0.3) is 0 Å². The van der Waals surface area contributed by atoms with Gasteiger partial charge < -0.3 is 26.2 Å². The van der Waals surface area contributed by atoms with Gasteiger partial charge >= 0.3 is 11.9 Å². The predicted molar refractivity (Wildman–Crippen MR) is 75.9 cm³/mol. The maximum absolute atomic E-state index is 11.9. The highest BCUT2D eigenvalue weighted by Gasteiger charge is 2.24. The average Bonchev–Trinajstić information content (AvgIpc) is 2.40. The van der Waals surface area contributed by atoms with E-state index in [4.69, 9.17) is 15.9 Å². The number of hydrogen-bond acceptors (Lipinski definition) is 6.